The monoisotopic (exact) mass is 192 g/mol. The van der Waals surface area contributed by atoms with Gasteiger partial charge in [0.15, 0.2) is 0 Å². The first-order chi connectivity index (χ1) is 6.74. The standard InChI is InChI=1S/C9H12N4O/c1-3-4-7-6(2)12-9-10-5-11-13(9)8(7)14/h5H,3-4H2,1-2H3,(H,10,11,12). The Morgan fingerprint density at radius 2 is 2.36 bits per heavy atom. The molecule has 0 amide bonds. The van der Waals surface area contributed by atoms with Crippen LogP contribution in [-0.2, 0) is 6.42 Å². The lowest BCUT2D eigenvalue weighted by atomic mass is 10.1. The van der Waals surface area contributed by atoms with E-state index < -0.39 is 0 Å². The Labute approximate surface area is 80.8 Å². The van der Waals surface area contributed by atoms with Crippen LogP contribution in [0.5, 0.6) is 0 Å². The molecule has 74 valence electrons. The Balaban J connectivity index is 2.76. The average molecular weight is 192 g/mol. The molecule has 2 aromatic rings. The Bertz CT molecular complexity index is 511. The molecule has 0 aliphatic rings. The van der Waals surface area contributed by atoms with Gasteiger partial charge in [-0.2, -0.15) is 4.52 Å². The van der Waals surface area contributed by atoms with E-state index in [4.69, 9.17) is 0 Å². The number of hydrogen-bond donors (Lipinski definition) is 1. The second-order valence-corrected chi connectivity index (χ2v) is 3.25. The van der Waals surface area contributed by atoms with Crippen molar-refractivity contribution in [2.24, 2.45) is 0 Å². The van der Waals surface area contributed by atoms with Crippen LogP contribution in [-0.4, -0.2) is 19.6 Å². The van der Waals surface area contributed by atoms with Gasteiger partial charge in [-0.25, -0.2) is 9.97 Å². The van der Waals surface area contributed by atoms with E-state index in [0.29, 0.717) is 5.78 Å². The summed E-state index contributed by atoms with van der Waals surface area (Å²) in [7, 11) is 0. The van der Waals surface area contributed by atoms with Crippen molar-refractivity contribution in [3.05, 3.63) is 27.9 Å². The van der Waals surface area contributed by atoms with Crippen LogP contribution in [0.3, 0.4) is 0 Å². The third-order valence-electron chi connectivity index (χ3n) is 2.23. The van der Waals surface area contributed by atoms with Gasteiger partial charge in [0, 0.05) is 5.56 Å². The number of fused-ring (bicyclic) bond motifs is 1. The topological polar surface area (TPSA) is 63.1 Å². The van der Waals surface area contributed by atoms with E-state index >= 15 is 0 Å². The molecule has 2 rings (SSSR count). The normalized spacial score (nSPS) is 11.0. The molecule has 0 spiro atoms. The van der Waals surface area contributed by atoms with Gasteiger partial charge in [-0.3, -0.25) is 9.89 Å². The molecular weight excluding hydrogens is 180 g/mol. The summed E-state index contributed by atoms with van der Waals surface area (Å²) in [4.78, 5) is 20.0. The minimum atomic E-state index is -0.0353. The second-order valence-electron chi connectivity index (χ2n) is 3.25. The molecule has 5 nitrogen and oxygen atoms in total. The van der Waals surface area contributed by atoms with Crippen LogP contribution in [0.4, 0.5) is 0 Å². The largest absolute Gasteiger partial charge is 0.278 e. The molecule has 0 fully saturated rings. The average Bonchev–Trinajstić information content (AvgIpc) is 2.60. The molecule has 0 bridgehead atoms. The second kappa shape index (κ2) is 3.25. The number of nitrogens with zero attached hydrogens (tertiary/aromatic N) is 3. The van der Waals surface area contributed by atoms with Crippen LogP contribution in [0.25, 0.3) is 5.78 Å². The fourth-order valence-electron chi connectivity index (χ4n) is 1.53. The van der Waals surface area contributed by atoms with E-state index in [1.54, 1.807) is 0 Å². The summed E-state index contributed by atoms with van der Waals surface area (Å²) in [5.74, 6) is 0.437. The zero-order valence-corrected chi connectivity index (χ0v) is 8.24. The predicted molar refractivity (Wildman–Crippen MR) is 52.3 cm³/mol. The lowest BCUT2D eigenvalue weighted by Crippen LogP contribution is -2.21. The maximum absolute atomic E-state index is 11.9. The highest BCUT2D eigenvalue weighted by Crippen LogP contribution is 2.03. The van der Waals surface area contributed by atoms with E-state index in [-0.39, 0.29) is 5.56 Å². The van der Waals surface area contributed by atoms with Gasteiger partial charge in [0.25, 0.3) is 11.3 Å². The molecule has 2 heterocycles. The first-order valence-electron chi connectivity index (χ1n) is 4.65. The van der Waals surface area contributed by atoms with Crippen molar-refractivity contribution in [1.82, 2.24) is 19.6 Å². The van der Waals surface area contributed by atoms with Gasteiger partial charge in [-0.05, 0) is 13.3 Å². The molecule has 0 saturated carbocycles. The number of hydrogen-bond acceptors (Lipinski definition) is 3. The fourth-order valence-corrected chi connectivity index (χ4v) is 1.53. The molecular formula is C9H12N4O. The Morgan fingerprint density at radius 3 is 3.07 bits per heavy atom. The van der Waals surface area contributed by atoms with Gasteiger partial charge < -0.3 is 0 Å². The summed E-state index contributed by atoms with van der Waals surface area (Å²) in [5.41, 5.74) is 1.52. The predicted octanol–water partition coefficient (Wildman–Crippen LogP) is 0.679. The molecule has 0 radical (unpaired) electrons. The van der Waals surface area contributed by atoms with Crippen LogP contribution >= 0.6 is 0 Å². The first kappa shape index (κ1) is 8.93. The Hall–Kier alpha value is -1.65. The van der Waals surface area contributed by atoms with Crippen molar-refractivity contribution in [3.8, 4) is 0 Å². The van der Waals surface area contributed by atoms with Crippen molar-refractivity contribution < 1.29 is 0 Å². The molecule has 1 N–H and O–H groups in total. The molecule has 2 aromatic heterocycles. The van der Waals surface area contributed by atoms with Crippen molar-refractivity contribution >= 4 is 5.78 Å². The summed E-state index contributed by atoms with van der Waals surface area (Å²) >= 11 is 0. The molecule has 5 heteroatoms. The molecule has 0 saturated heterocycles. The molecule has 0 aliphatic carbocycles. The molecule has 0 atom stereocenters. The summed E-state index contributed by atoms with van der Waals surface area (Å²) in [6, 6.07) is 0. The molecule has 14 heavy (non-hydrogen) atoms. The number of nitrogens with one attached hydrogen (secondary N) is 1. The van der Waals surface area contributed by atoms with Crippen LogP contribution in [0.1, 0.15) is 24.6 Å². The number of aromatic nitrogens is 4. The van der Waals surface area contributed by atoms with Crippen LogP contribution in [0, 0.1) is 6.92 Å². The first-order valence-corrected chi connectivity index (χ1v) is 4.65. The zero-order valence-electron chi connectivity index (χ0n) is 8.24. The maximum atomic E-state index is 11.9. The quantitative estimate of drug-likeness (QED) is 0.761. The summed E-state index contributed by atoms with van der Waals surface area (Å²) in [6.07, 6.45) is 3.18. The van der Waals surface area contributed by atoms with E-state index in [9.17, 15) is 4.79 Å². The summed E-state index contributed by atoms with van der Waals surface area (Å²) in [5, 5.41) is 2.74. The maximum Gasteiger partial charge on any atom is 0.277 e. The van der Waals surface area contributed by atoms with E-state index in [0.717, 1.165) is 24.1 Å². The third-order valence-corrected chi connectivity index (χ3v) is 2.23. The minimum Gasteiger partial charge on any atom is -0.278 e. The van der Waals surface area contributed by atoms with E-state index in [1.807, 2.05) is 13.8 Å². The minimum absolute atomic E-state index is 0.0353. The van der Waals surface area contributed by atoms with Crippen LogP contribution in [0.2, 0.25) is 0 Å². The summed E-state index contributed by atoms with van der Waals surface area (Å²) < 4.78 is 1.37. The zero-order chi connectivity index (χ0) is 10.1. The Morgan fingerprint density at radius 1 is 1.57 bits per heavy atom. The SMILES string of the molecule is CCCc1c(C)nc2nc[nH]n2c1=O. The van der Waals surface area contributed by atoms with E-state index in [2.05, 4.69) is 15.1 Å². The number of rotatable bonds is 2. The smallest absolute Gasteiger partial charge is 0.277 e. The third kappa shape index (κ3) is 1.21. The van der Waals surface area contributed by atoms with Crippen molar-refractivity contribution in [3.63, 3.8) is 0 Å². The number of aromatic amines is 1. The fraction of sp³-hybridized carbons (Fsp3) is 0.444. The van der Waals surface area contributed by atoms with Crippen LogP contribution < -0.4 is 5.56 Å². The van der Waals surface area contributed by atoms with Gasteiger partial charge in [0.05, 0.1) is 5.69 Å². The van der Waals surface area contributed by atoms with Gasteiger partial charge in [0.2, 0.25) is 0 Å². The van der Waals surface area contributed by atoms with Crippen molar-refractivity contribution in [2.75, 3.05) is 0 Å². The highest BCUT2D eigenvalue weighted by Gasteiger charge is 2.09. The van der Waals surface area contributed by atoms with Gasteiger partial charge in [-0.15, -0.1) is 0 Å². The highest BCUT2D eigenvalue weighted by atomic mass is 16.1. The van der Waals surface area contributed by atoms with Crippen molar-refractivity contribution in [2.45, 2.75) is 26.7 Å². The van der Waals surface area contributed by atoms with Gasteiger partial charge >= 0.3 is 0 Å². The van der Waals surface area contributed by atoms with E-state index in [1.165, 1.54) is 10.8 Å². The number of H-pyrrole nitrogens is 1. The molecule has 0 aliphatic heterocycles. The molecule has 0 unspecified atom stereocenters. The lowest BCUT2D eigenvalue weighted by molar-refractivity contribution is 0.817. The van der Waals surface area contributed by atoms with Gasteiger partial charge in [-0.1, -0.05) is 13.3 Å². The number of aryl methyl sites for hydroxylation is 1. The lowest BCUT2D eigenvalue weighted by Gasteiger charge is -2.01. The van der Waals surface area contributed by atoms with Crippen molar-refractivity contribution in [1.29, 1.82) is 0 Å². The highest BCUT2D eigenvalue weighted by molar-refractivity contribution is 5.30. The van der Waals surface area contributed by atoms with Gasteiger partial charge in [0.1, 0.15) is 6.33 Å². The Kier molecular flexibility index (Phi) is 2.07. The van der Waals surface area contributed by atoms with Crippen LogP contribution in [0.15, 0.2) is 11.1 Å². The molecule has 0 aromatic carbocycles. The summed E-state index contributed by atoms with van der Waals surface area (Å²) in [6.45, 7) is 3.89.